The highest BCUT2D eigenvalue weighted by Gasteiger charge is 2.35. The molecule has 1 aromatic rings. The number of benzene rings is 1. The number of hydrogen-bond acceptors (Lipinski definition) is 3. The Morgan fingerprint density at radius 1 is 1.38 bits per heavy atom. The highest BCUT2D eigenvalue weighted by atomic mass is 16.5. The molecule has 0 aromatic heterocycles. The molecule has 1 saturated heterocycles. The first-order valence-electron chi connectivity index (χ1n) is 5.90. The van der Waals surface area contributed by atoms with Crippen LogP contribution in [0.3, 0.4) is 0 Å². The first-order valence-corrected chi connectivity index (χ1v) is 5.90. The summed E-state index contributed by atoms with van der Waals surface area (Å²) in [6, 6.07) is 8.45. The van der Waals surface area contributed by atoms with Gasteiger partial charge in [0.2, 0.25) is 0 Å². The van der Waals surface area contributed by atoms with E-state index in [9.17, 15) is 5.11 Å². The average molecular weight is 219 g/mol. The van der Waals surface area contributed by atoms with Gasteiger partial charge >= 0.3 is 0 Å². The summed E-state index contributed by atoms with van der Waals surface area (Å²) in [5, 5.41) is 10.3. The van der Waals surface area contributed by atoms with Crippen molar-refractivity contribution in [2.45, 2.75) is 18.4 Å². The van der Waals surface area contributed by atoms with Crippen LogP contribution in [0, 0.1) is 0 Å². The third-order valence-corrected chi connectivity index (χ3v) is 3.55. The maximum absolute atomic E-state index is 10.3. The molecule has 16 heavy (non-hydrogen) atoms. The largest absolute Gasteiger partial charge is 0.386 e. The number of rotatable bonds is 2. The molecule has 0 spiro atoms. The highest BCUT2D eigenvalue weighted by Crippen LogP contribution is 2.30. The normalized spacial score (nSPS) is 28.4. The number of β-amino-alcohol motifs (C(OH)–C–C–N with tert-alkyl or cyclic N) is 1. The van der Waals surface area contributed by atoms with Crippen molar-refractivity contribution >= 4 is 5.69 Å². The van der Waals surface area contributed by atoms with Crippen LogP contribution in [0.25, 0.3) is 0 Å². The van der Waals surface area contributed by atoms with E-state index in [1.807, 2.05) is 0 Å². The van der Waals surface area contributed by atoms with Crippen molar-refractivity contribution in [2.24, 2.45) is 0 Å². The molecular formula is C13H17NO2. The number of hydrogen-bond donors (Lipinski definition) is 1. The van der Waals surface area contributed by atoms with Crippen molar-refractivity contribution in [3.63, 3.8) is 0 Å². The van der Waals surface area contributed by atoms with Crippen LogP contribution in [0.2, 0.25) is 0 Å². The summed E-state index contributed by atoms with van der Waals surface area (Å²) < 4.78 is 5.28. The lowest BCUT2D eigenvalue weighted by Gasteiger charge is -2.29. The van der Waals surface area contributed by atoms with E-state index in [2.05, 4.69) is 29.2 Å². The predicted molar refractivity (Wildman–Crippen MR) is 62.7 cm³/mol. The average Bonchev–Trinajstić information content (AvgIpc) is 2.87. The smallest absolute Gasteiger partial charge is 0.107 e. The Morgan fingerprint density at radius 2 is 2.25 bits per heavy atom. The summed E-state index contributed by atoms with van der Waals surface area (Å²) in [4.78, 5) is 2.28. The minimum absolute atomic E-state index is 0.478. The molecule has 86 valence electrons. The van der Waals surface area contributed by atoms with Crippen LogP contribution in [0.4, 0.5) is 5.69 Å². The molecule has 2 aliphatic rings. The van der Waals surface area contributed by atoms with E-state index in [4.69, 9.17) is 4.74 Å². The molecular weight excluding hydrogens is 202 g/mol. The molecule has 2 aliphatic heterocycles. The topological polar surface area (TPSA) is 32.7 Å². The van der Waals surface area contributed by atoms with Gasteiger partial charge in [-0.1, -0.05) is 18.2 Å². The molecule has 1 aromatic carbocycles. The van der Waals surface area contributed by atoms with E-state index >= 15 is 0 Å². The Hall–Kier alpha value is -1.06. The zero-order valence-corrected chi connectivity index (χ0v) is 9.35. The van der Waals surface area contributed by atoms with Gasteiger partial charge in [-0.05, 0) is 18.1 Å². The van der Waals surface area contributed by atoms with E-state index < -0.39 is 5.60 Å². The molecule has 3 rings (SSSR count). The van der Waals surface area contributed by atoms with Gasteiger partial charge in [0.1, 0.15) is 5.60 Å². The molecule has 3 heteroatoms. The second kappa shape index (κ2) is 3.75. The number of anilines is 1. The van der Waals surface area contributed by atoms with Crippen molar-refractivity contribution in [1.82, 2.24) is 0 Å². The van der Waals surface area contributed by atoms with Gasteiger partial charge in [0, 0.05) is 31.8 Å². The van der Waals surface area contributed by atoms with Crippen molar-refractivity contribution in [3.05, 3.63) is 29.8 Å². The molecule has 1 atom stereocenters. The molecule has 0 amide bonds. The quantitative estimate of drug-likeness (QED) is 0.811. The maximum atomic E-state index is 10.3. The highest BCUT2D eigenvalue weighted by molar-refractivity contribution is 5.58. The molecule has 0 radical (unpaired) electrons. The fourth-order valence-electron chi connectivity index (χ4n) is 2.65. The Balaban J connectivity index is 1.78. The monoisotopic (exact) mass is 219 g/mol. The molecule has 2 heterocycles. The molecule has 0 saturated carbocycles. The first-order chi connectivity index (χ1) is 7.77. The number of ether oxygens (including phenoxy) is 1. The fourth-order valence-corrected chi connectivity index (χ4v) is 2.65. The van der Waals surface area contributed by atoms with Gasteiger partial charge in [-0.2, -0.15) is 0 Å². The fraction of sp³-hybridized carbons (Fsp3) is 0.538. The lowest BCUT2D eigenvalue weighted by molar-refractivity contribution is 0.0331. The lowest BCUT2D eigenvalue weighted by atomic mass is 10.0. The lowest BCUT2D eigenvalue weighted by Crippen LogP contribution is -2.43. The summed E-state index contributed by atoms with van der Waals surface area (Å²) in [7, 11) is 0. The molecule has 3 nitrogen and oxygen atoms in total. The third kappa shape index (κ3) is 1.70. The van der Waals surface area contributed by atoms with Crippen LogP contribution < -0.4 is 4.90 Å². The number of para-hydroxylation sites is 1. The van der Waals surface area contributed by atoms with Gasteiger partial charge in [0.15, 0.2) is 0 Å². The molecule has 0 aliphatic carbocycles. The van der Waals surface area contributed by atoms with E-state index in [1.54, 1.807) is 0 Å². The van der Waals surface area contributed by atoms with Gasteiger partial charge in [-0.3, -0.25) is 0 Å². The minimum Gasteiger partial charge on any atom is -0.386 e. The van der Waals surface area contributed by atoms with E-state index in [0.717, 1.165) is 19.4 Å². The zero-order chi connectivity index (χ0) is 11.0. The predicted octanol–water partition coefficient (Wildman–Crippen LogP) is 1.20. The zero-order valence-electron chi connectivity index (χ0n) is 9.35. The van der Waals surface area contributed by atoms with Crippen molar-refractivity contribution in [3.8, 4) is 0 Å². The molecule has 0 bridgehead atoms. The summed E-state index contributed by atoms with van der Waals surface area (Å²) in [5.41, 5.74) is 2.03. The van der Waals surface area contributed by atoms with Crippen molar-refractivity contribution in [2.75, 3.05) is 31.2 Å². The second-order valence-electron chi connectivity index (χ2n) is 4.83. The second-order valence-corrected chi connectivity index (χ2v) is 4.83. The summed E-state index contributed by atoms with van der Waals surface area (Å²) >= 11 is 0. The van der Waals surface area contributed by atoms with Gasteiger partial charge in [0.05, 0.1) is 6.61 Å². The third-order valence-electron chi connectivity index (χ3n) is 3.55. The minimum atomic E-state index is -0.641. The summed E-state index contributed by atoms with van der Waals surface area (Å²) in [6.45, 7) is 2.88. The Morgan fingerprint density at radius 3 is 3.06 bits per heavy atom. The van der Waals surface area contributed by atoms with Crippen LogP contribution in [-0.4, -0.2) is 37.0 Å². The first kappa shape index (κ1) is 10.1. The SMILES string of the molecule is OC1(CN2CCc3ccccc32)CCOC1. The van der Waals surface area contributed by atoms with Crippen LogP contribution in [0.5, 0.6) is 0 Å². The van der Waals surface area contributed by atoms with Crippen LogP contribution in [-0.2, 0) is 11.2 Å². The Labute approximate surface area is 95.6 Å². The van der Waals surface area contributed by atoms with Crippen molar-refractivity contribution < 1.29 is 9.84 Å². The Bertz CT molecular complexity index is 385. The van der Waals surface area contributed by atoms with Crippen molar-refractivity contribution in [1.29, 1.82) is 0 Å². The number of nitrogens with zero attached hydrogens (tertiary/aromatic N) is 1. The number of aliphatic hydroxyl groups is 1. The standard InChI is InChI=1S/C13H17NO2/c15-13(6-8-16-10-13)9-14-7-5-11-3-1-2-4-12(11)14/h1-4,15H,5-10H2. The van der Waals surface area contributed by atoms with Crippen LogP contribution in [0.15, 0.2) is 24.3 Å². The van der Waals surface area contributed by atoms with E-state index in [1.165, 1.54) is 11.3 Å². The van der Waals surface area contributed by atoms with E-state index in [-0.39, 0.29) is 0 Å². The molecule has 1 N–H and O–H groups in total. The van der Waals surface area contributed by atoms with Gasteiger partial charge in [-0.25, -0.2) is 0 Å². The van der Waals surface area contributed by atoms with Crippen LogP contribution in [0.1, 0.15) is 12.0 Å². The summed E-state index contributed by atoms with van der Waals surface area (Å²) in [5.74, 6) is 0. The van der Waals surface area contributed by atoms with E-state index in [0.29, 0.717) is 19.8 Å². The van der Waals surface area contributed by atoms with Gasteiger partial charge in [0.25, 0.3) is 0 Å². The van der Waals surface area contributed by atoms with Gasteiger partial charge in [-0.15, -0.1) is 0 Å². The maximum Gasteiger partial charge on any atom is 0.107 e. The Kier molecular flexibility index (Phi) is 2.37. The molecule has 1 unspecified atom stereocenters. The number of fused-ring (bicyclic) bond motifs is 1. The summed E-state index contributed by atoms with van der Waals surface area (Å²) in [6.07, 6.45) is 1.85. The molecule has 1 fully saturated rings. The van der Waals surface area contributed by atoms with Gasteiger partial charge < -0.3 is 14.7 Å². The van der Waals surface area contributed by atoms with Crippen LogP contribution >= 0.6 is 0 Å².